The van der Waals surface area contributed by atoms with Gasteiger partial charge in [0.05, 0.1) is 19.8 Å². The van der Waals surface area contributed by atoms with E-state index in [1.54, 1.807) is 6.92 Å². The summed E-state index contributed by atoms with van der Waals surface area (Å²) in [6.07, 6.45) is -8.02. The highest BCUT2D eigenvalue weighted by Gasteiger charge is 2.43. The Balaban J connectivity index is 2.66. The highest BCUT2D eigenvalue weighted by Crippen LogP contribution is 2.18. The molecule has 0 bridgehead atoms. The summed E-state index contributed by atoms with van der Waals surface area (Å²) in [5.41, 5.74) is 0. The van der Waals surface area contributed by atoms with E-state index in [2.05, 4.69) is 4.74 Å². The van der Waals surface area contributed by atoms with Gasteiger partial charge in [0.25, 0.3) is 5.91 Å². The smallest absolute Gasteiger partial charge is 0.331 e. The van der Waals surface area contributed by atoms with Gasteiger partial charge < -0.3 is 40.3 Å². The second-order valence-electron chi connectivity index (χ2n) is 4.79. The molecule has 128 valence electrons. The predicted octanol–water partition coefficient (Wildman–Crippen LogP) is -4.13. The van der Waals surface area contributed by atoms with Gasteiger partial charge in [0.1, 0.15) is 24.4 Å². The first kappa shape index (κ1) is 18.7. The molecule has 1 aliphatic rings. The van der Waals surface area contributed by atoms with Gasteiger partial charge in [-0.25, -0.2) is 4.79 Å². The summed E-state index contributed by atoms with van der Waals surface area (Å²) in [6, 6.07) is -1.38. The minimum Gasteiger partial charge on any atom is -0.464 e. The molecule has 1 saturated heterocycles. The van der Waals surface area contributed by atoms with Crippen molar-refractivity contribution in [1.82, 2.24) is 5.32 Å². The Labute approximate surface area is 126 Å². The molecule has 1 aliphatic heterocycles. The Bertz CT molecular complexity index is 391. The van der Waals surface area contributed by atoms with Gasteiger partial charge in [0.15, 0.2) is 12.1 Å². The fourth-order valence-electron chi connectivity index (χ4n) is 1.93. The summed E-state index contributed by atoms with van der Waals surface area (Å²) >= 11 is 0. The van der Waals surface area contributed by atoms with Gasteiger partial charge in [-0.3, -0.25) is 4.79 Å². The van der Waals surface area contributed by atoms with Crippen molar-refractivity contribution in [1.29, 1.82) is 0 Å². The first-order chi connectivity index (χ1) is 10.3. The Kier molecular flexibility index (Phi) is 7.13. The van der Waals surface area contributed by atoms with Crippen LogP contribution in [-0.2, 0) is 19.1 Å². The molecule has 0 radical (unpaired) electrons. The van der Waals surface area contributed by atoms with Crippen molar-refractivity contribution in [2.75, 3.05) is 19.8 Å². The molecule has 1 fully saturated rings. The molecule has 1 heterocycles. The normalized spacial score (nSPS) is 31.2. The zero-order valence-electron chi connectivity index (χ0n) is 12.0. The number of rotatable bonds is 6. The molecule has 1 amide bonds. The predicted molar refractivity (Wildman–Crippen MR) is 69.4 cm³/mol. The minimum absolute atomic E-state index is 0.0439. The molecule has 10 heteroatoms. The number of aliphatic hydroxyl groups excluding tert-OH is 5. The Hall–Kier alpha value is -1.30. The van der Waals surface area contributed by atoms with Crippen LogP contribution in [0.3, 0.4) is 0 Å². The summed E-state index contributed by atoms with van der Waals surface area (Å²) in [5, 5.41) is 49.4. The number of esters is 1. The van der Waals surface area contributed by atoms with Gasteiger partial charge in [-0.2, -0.15) is 0 Å². The standard InChI is InChI=1S/C12H21NO9/c1-2-21-12(20)5(3-14)13-11(19)9(18)10-8(17)7(16)6(15)4-22-10/h5-10,14-18H,2-4H2,1H3,(H,13,19)/t5-,6-,7+,8?,9?,10?/m1/s1. The molecule has 6 N–H and O–H groups in total. The van der Waals surface area contributed by atoms with Crippen molar-refractivity contribution in [3.8, 4) is 0 Å². The van der Waals surface area contributed by atoms with Gasteiger partial charge >= 0.3 is 5.97 Å². The number of aliphatic hydroxyl groups is 5. The highest BCUT2D eigenvalue weighted by molar-refractivity contribution is 5.87. The van der Waals surface area contributed by atoms with Gasteiger partial charge in [-0.05, 0) is 6.92 Å². The largest absolute Gasteiger partial charge is 0.464 e. The van der Waals surface area contributed by atoms with E-state index >= 15 is 0 Å². The van der Waals surface area contributed by atoms with Crippen LogP contribution in [-0.4, -0.2) is 93.8 Å². The molecule has 0 saturated carbocycles. The SMILES string of the molecule is CCOC(=O)[C@@H](CO)NC(=O)C(O)C1OC[C@@H](O)[C@H](O)C1O. The van der Waals surface area contributed by atoms with E-state index in [-0.39, 0.29) is 13.2 Å². The fourth-order valence-corrected chi connectivity index (χ4v) is 1.93. The lowest BCUT2D eigenvalue weighted by molar-refractivity contribution is -0.211. The number of carbonyl (C=O) groups is 2. The number of carbonyl (C=O) groups excluding carboxylic acids is 2. The van der Waals surface area contributed by atoms with Crippen molar-refractivity contribution in [3.63, 3.8) is 0 Å². The summed E-state index contributed by atoms with van der Waals surface area (Å²) in [4.78, 5) is 23.3. The topological polar surface area (TPSA) is 166 Å². The Morgan fingerprint density at radius 2 is 1.95 bits per heavy atom. The van der Waals surface area contributed by atoms with E-state index in [1.165, 1.54) is 0 Å². The monoisotopic (exact) mass is 323 g/mol. The van der Waals surface area contributed by atoms with Gasteiger partial charge in [-0.1, -0.05) is 0 Å². The van der Waals surface area contributed by atoms with Crippen molar-refractivity contribution < 1.29 is 44.6 Å². The maximum absolute atomic E-state index is 11.8. The van der Waals surface area contributed by atoms with E-state index < -0.39 is 55.0 Å². The van der Waals surface area contributed by atoms with Crippen molar-refractivity contribution in [2.24, 2.45) is 0 Å². The number of nitrogens with one attached hydrogen (secondary N) is 1. The van der Waals surface area contributed by atoms with E-state index in [4.69, 9.17) is 9.84 Å². The lowest BCUT2D eigenvalue weighted by Gasteiger charge is -2.37. The van der Waals surface area contributed by atoms with Crippen LogP contribution in [0, 0.1) is 0 Å². The van der Waals surface area contributed by atoms with Crippen LogP contribution >= 0.6 is 0 Å². The molecule has 22 heavy (non-hydrogen) atoms. The van der Waals surface area contributed by atoms with Crippen LogP contribution in [0.5, 0.6) is 0 Å². The van der Waals surface area contributed by atoms with Crippen LogP contribution in [0.25, 0.3) is 0 Å². The lowest BCUT2D eigenvalue weighted by Crippen LogP contribution is -2.60. The lowest BCUT2D eigenvalue weighted by atomic mass is 9.96. The number of hydrogen-bond acceptors (Lipinski definition) is 9. The van der Waals surface area contributed by atoms with Gasteiger partial charge in [0, 0.05) is 0 Å². The summed E-state index contributed by atoms with van der Waals surface area (Å²) < 4.78 is 9.55. The van der Waals surface area contributed by atoms with Gasteiger partial charge in [0.2, 0.25) is 0 Å². The molecule has 0 aliphatic carbocycles. The first-order valence-corrected chi connectivity index (χ1v) is 6.75. The third-order valence-electron chi connectivity index (χ3n) is 3.19. The van der Waals surface area contributed by atoms with Crippen LogP contribution < -0.4 is 5.32 Å². The number of ether oxygens (including phenoxy) is 2. The molecule has 1 rings (SSSR count). The first-order valence-electron chi connectivity index (χ1n) is 6.75. The number of hydrogen-bond donors (Lipinski definition) is 6. The summed E-state index contributed by atoms with van der Waals surface area (Å²) in [6.45, 7) is 0.464. The van der Waals surface area contributed by atoms with Crippen LogP contribution in [0.4, 0.5) is 0 Å². The molecule has 0 spiro atoms. The highest BCUT2D eigenvalue weighted by atomic mass is 16.5. The molecule has 6 atom stereocenters. The summed E-state index contributed by atoms with van der Waals surface area (Å²) in [7, 11) is 0. The van der Waals surface area contributed by atoms with E-state index in [9.17, 15) is 30.0 Å². The fraction of sp³-hybridized carbons (Fsp3) is 0.833. The van der Waals surface area contributed by atoms with Crippen LogP contribution in [0.1, 0.15) is 6.92 Å². The number of amides is 1. The Morgan fingerprint density at radius 1 is 1.32 bits per heavy atom. The molecule has 0 aromatic carbocycles. The maximum atomic E-state index is 11.8. The molecule has 0 aromatic heterocycles. The van der Waals surface area contributed by atoms with E-state index in [0.717, 1.165) is 0 Å². The second-order valence-corrected chi connectivity index (χ2v) is 4.79. The van der Waals surface area contributed by atoms with Crippen molar-refractivity contribution >= 4 is 11.9 Å². The minimum atomic E-state index is -1.92. The zero-order chi connectivity index (χ0) is 16.9. The van der Waals surface area contributed by atoms with Crippen LogP contribution in [0.2, 0.25) is 0 Å². The quantitative estimate of drug-likeness (QED) is 0.266. The average molecular weight is 323 g/mol. The second kappa shape index (κ2) is 8.36. The molecule has 3 unspecified atom stereocenters. The average Bonchev–Trinajstić information content (AvgIpc) is 2.49. The van der Waals surface area contributed by atoms with Crippen molar-refractivity contribution in [2.45, 2.75) is 43.5 Å². The third-order valence-corrected chi connectivity index (χ3v) is 3.19. The molecule has 10 nitrogen and oxygen atoms in total. The van der Waals surface area contributed by atoms with Gasteiger partial charge in [-0.15, -0.1) is 0 Å². The van der Waals surface area contributed by atoms with Crippen LogP contribution in [0.15, 0.2) is 0 Å². The van der Waals surface area contributed by atoms with E-state index in [0.29, 0.717) is 0 Å². The maximum Gasteiger partial charge on any atom is 0.331 e. The zero-order valence-corrected chi connectivity index (χ0v) is 12.0. The van der Waals surface area contributed by atoms with E-state index in [1.807, 2.05) is 5.32 Å². The molecule has 0 aromatic rings. The third kappa shape index (κ3) is 4.35. The molecular weight excluding hydrogens is 302 g/mol. The summed E-state index contributed by atoms with van der Waals surface area (Å²) in [5.74, 6) is -1.98. The van der Waals surface area contributed by atoms with Crippen molar-refractivity contribution in [3.05, 3.63) is 0 Å². The molecular formula is C12H21NO9. The Morgan fingerprint density at radius 3 is 2.50 bits per heavy atom.